The van der Waals surface area contributed by atoms with E-state index in [1.165, 1.54) is 115 Å². The van der Waals surface area contributed by atoms with E-state index in [2.05, 4.69) is 246 Å². The van der Waals surface area contributed by atoms with Crippen LogP contribution < -0.4 is 4.90 Å². The Bertz CT molecular complexity index is 3460. The van der Waals surface area contributed by atoms with E-state index < -0.39 is 0 Å². The lowest BCUT2D eigenvalue weighted by Gasteiger charge is -2.29. The molecule has 1 aliphatic carbocycles. The van der Waals surface area contributed by atoms with Crippen LogP contribution in [0.15, 0.2) is 237 Å². The summed E-state index contributed by atoms with van der Waals surface area (Å²) >= 11 is 0. The summed E-state index contributed by atoms with van der Waals surface area (Å²) in [5.74, 6) is 0.582. The first-order chi connectivity index (χ1) is 32.8. The SMILES string of the molecule is c1ccc(-c2ccc(-c3ccc(N(c4ccc(-c5cccc6c7ccccc7n(-c7ccccc7)c56)cc4)c4ccccc4-c4cccc5cccc(C6CCCCC6)c45)cc3)cc2)cc1. The fraction of sp³-hybridized carbons (Fsp3) is 0.0938. The van der Waals surface area contributed by atoms with Crippen LogP contribution in [0.2, 0.25) is 0 Å². The van der Waals surface area contributed by atoms with Gasteiger partial charge < -0.3 is 9.47 Å². The monoisotopic (exact) mass is 846 g/mol. The molecule has 1 aliphatic rings. The Balaban J connectivity index is 1.00. The van der Waals surface area contributed by atoms with E-state index >= 15 is 0 Å². The fourth-order valence-electron chi connectivity index (χ4n) is 10.8. The van der Waals surface area contributed by atoms with E-state index in [1.54, 1.807) is 0 Å². The van der Waals surface area contributed by atoms with Crippen molar-refractivity contribution < 1.29 is 0 Å². The largest absolute Gasteiger partial charge is 0.310 e. The third-order valence-electron chi connectivity index (χ3n) is 14.0. The van der Waals surface area contributed by atoms with Gasteiger partial charge in [0, 0.05) is 39.0 Å². The summed E-state index contributed by atoms with van der Waals surface area (Å²) in [7, 11) is 0. The number of nitrogens with zero attached hydrogens (tertiary/aromatic N) is 2. The highest BCUT2D eigenvalue weighted by Crippen LogP contribution is 2.47. The molecule has 0 bridgehead atoms. The molecule has 0 amide bonds. The van der Waals surface area contributed by atoms with Crippen molar-refractivity contribution in [3.05, 3.63) is 242 Å². The van der Waals surface area contributed by atoms with E-state index in [1.807, 2.05) is 0 Å². The third-order valence-corrected chi connectivity index (χ3v) is 14.0. The minimum Gasteiger partial charge on any atom is -0.310 e. The molecule has 316 valence electrons. The molecule has 1 aromatic heterocycles. The van der Waals surface area contributed by atoms with Crippen molar-refractivity contribution in [1.82, 2.24) is 4.57 Å². The van der Waals surface area contributed by atoms with Crippen molar-refractivity contribution in [3.8, 4) is 50.2 Å². The first-order valence-electron chi connectivity index (χ1n) is 23.6. The molecule has 0 saturated heterocycles. The average molecular weight is 847 g/mol. The molecule has 1 heterocycles. The number of benzene rings is 10. The minimum absolute atomic E-state index is 0.582. The van der Waals surface area contributed by atoms with E-state index in [9.17, 15) is 0 Å². The molecule has 2 nitrogen and oxygen atoms in total. The Kier molecular flexibility index (Phi) is 10.3. The van der Waals surface area contributed by atoms with Crippen LogP contribution in [0.25, 0.3) is 82.8 Å². The van der Waals surface area contributed by atoms with Crippen LogP contribution in [0.5, 0.6) is 0 Å². The fourth-order valence-corrected chi connectivity index (χ4v) is 10.8. The van der Waals surface area contributed by atoms with Gasteiger partial charge >= 0.3 is 0 Å². The number of hydrogen-bond acceptors (Lipinski definition) is 1. The highest BCUT2D eigenvalue weighted by atomic mass is 15.1. The quantitative estimate of drug-likeness (QED) is 0.140. The molecule has 0 unspecified atom stereocenters. The van der Waals surface area contributed by atoms with E-state index in [0.29, 0.717) is 5.92 Å². The highest BCUT2D eigenvalue weighted by Gasteiger charge is 2.23. The summed E-state index contributed by atoms with van der Waals surface area (Å²) in [6, 6.07) is 87.1. The first kappa shape index (κ1) is 39.6. The highest BCUT2D eigenvalue weighted by molar-refractivity contribution is 6.14. The summed E-state index contributed by atoms with van der Waals surface area (Å²) in [6.07, 6.45) is 6.47. The second kappa shape index (κ2) is 17.2. The minimum atomic E-state index is 0.582. The van der Waals surface area contributed by atoms with Crippen molar-refractivity contribution in [1.29, 1.82) is 0 Å². The molecule has 0 atom stereocenters. The van der Waals surface area contributed by atoms with Crippen molar-refractivity contribution in [2.24, 2.45) is 0 Å². The van der Waals surface area contributed by atoms with Crippen LogP contribution in [0.4, 0.5) is 17.1 Å². The molecule has 0 radical (unpaired) electrons. The molecule has 2 heteroatoms. The van der Waals surface area contributed by atoms with Crippen LogP contribution in [0.1, 0.15) is 43.6 Å². The van der Waals surface area contributed by atoms with Crippen molar-refractivity contribution in [3.63, 3.8) is 0 Å². The predicted octanol–water partition coefficient (Wildman–Crippen LogP) is 18.1. The number of fused-ring (bicyclic) bond motifs is 4. The lowest BCUT2D eigenvalue weighted by Crippen LogP contribution is -2.11. The van der Waals surface area contributed by atoms with Crippen LogP contribution in [-0.4, -0.2) is 4.57 Å². The maximum Gasteiger partial charge on any atom is 0.0619 e. The molecule has 1 saturated carbocycles. The second-order valence-corrected chi connectivity index (χ2v) is 17.9. The predicted molar refractivity (Wildman–Crippen MR) is 281 cm³/mol. The summed E-state index contributed by atoms with van der Waals surface area (Å²) in [5.41, 5.74) is 18.2. The summed E-state index contributed by atoms with van der Waals surface area (Å²) in [5, 5.41) is 5.22. The van der Waals surface area contributed by atoms with Crippen LogP contribution in [-0.2, 0) is 0 Å². The third kappa shape index (κ3) is 7.16. The normalized spacial score (nSPS) is 13.1. The zero-order valence-electron chi connectivity index (χ0n) is 37.0. The molecule has 0 N–H and O–H groups in total. The summed E-state index contributed by atoms with van der Waals surface area (Å²) in [4.78, 5) is 2.46. The van der Waals surface area contributed by atoms with Crippen LogP contribution >= 0.6 is 0 Å². The lowest BCUT2D eigenvalue weighted by atomic mass is 9.80. The van der Waals surface area contributed by atoms with Gasteiger partial charge in [0.15, 0.2) is 0 Å². The van der Waals surface area contributed by atoms with E-state index in [4.69, 9.17) is 0 Å². The standard InChI is InChI=1S/C64H50N2/c1-4-17-45(18-5-1)46-33-35-47(36-34-46)48-37-41-53(42-38-48)65(61-31-12-10-25-57(61)59-29-15-22-51-21-14-27-55(63(51)59)49-19-6-2-7-20-49)54-43-39-50(40-44-54)56-28-16-30-60-58-26-11-13-32-62(58)66(64(56)60)52-23-8-3-9-24-52/h1,3-5,8-18,21-44,49H,2,6-7,19-20H2. The molecule has 0 aliphatic heterocycles. The van der Waals surface area contributed by atoms with Crippen molar-refractivity contribution in [2.45, 2.75) is 38.0 Å². The zero-order chi connectivity index (χ0) is 43.8. The molecular weight excluding hydrogens is 797 g/mol. The van der Waals surface area contributed by atoms with Crippen molar-refractivity contribution in [2.75, 3.05) is 4.90 Å². The van der Waals surface area contributed by atoms with Crippen molar-refractivity contribution >= 4 is 49.6 Å². The van der Waals surface area contributed by atoms with Gasteiger partial charge in [-0.1, -0.05) is 207 Å². The number of para-hydroxylation sites is 4. The topological polar surface area (TPSA) is 8.17 Å². The van der Waals surface area contributed by atoms with Gasteiger partial charge in [0.2, 0.25) is 0 Å². The van der Waals surface area contributed by atoms with E-state index in [-0.39, 0.29) is 0 Å². The van der Waals surface area contributed by atoms with Crippen LogP contribution in [0.3, 0.4) is 0 Å². The van der Waals surface area contributed by atoms with Gasteiger partial charge in [0.05, 0.1) is 16.7 Å². The second-order valence-electron chi connectivity index (χ2n) is 17.9. The van der Waals surface area contributed by atoms with Gasteiger partial charge in [-0.3, -0.25) is 0 Å². The first-order valence-corrected chi connectivity index (χ1v) is 23.6. The molecule has 10 aromatic carbocycles. The Labute approximate surface area is 387 Å². The Morgan fingerprint density at radius 3 is 1.59 bits per heavy atom. The summed E-state index contributed by atoms with van der Waals surface area (Å²) in [6.45, 7) is 0. The molecule has 12 rings (SSSR count). The molecule has 0 spiro atoms. The zero-order valence-corrected chi connectivity index (χ0v) is 37.0. The molecule has 11 aromatic rings. The Hall–Kier alpha value is -7.94. The number of rotatable bonds is 9. The number of aromatic nitrogens is 1. The molecule has 1 fully saturated rings. The van der Waals surface area contributed by atoms with Gasteiger partial charge in [-0.15, -0.1) is 0 Å². The number of hydrogen-bond donors (Lipinski definition) is 0. The Morgan fingerprint density at radius 1 is 0.364 bits per heavy atom. The van der Waals surface area contributed by atoms with Crippen LogP contribution in [0, 0.1) is 0 Å². The maximum atomic E-state index is 2.46. The van der Waals surface area contributed by atoms with Gasteiger partial charge in [-0.05, 0) is 117 Å². The van der Waals surface area contributed by atoms with Gasteiger partial charge in [-0.25, -0.2) is 0 Å². The summed E-state index contributed by atoms with van der Waals surface area (Å²) < 4.78 is 2.43. The van der Waals surface area contributed by atoms with Gasteiger partial charge in [-0.2, -0.15) is 0 Å². The smallest absolute Gasteiger partial charge is 0.0619 e. The number of anilines is 3. The van der Waals surface area contributed by atoms with E-state index in [0.717, 1.165) is 22.7 Å². The maximum absolute atomic E-state index is 2.46. The Morgan fingerprint density at radius 2 is 0.879 bits per heavy atom. The molecule has 66 heavy (non-hydrogen) atoms. The lowest BCUT2D eigenvalue weighted by molar-refractivity contribution is 0.445. The van der Waals surface area contributed by atoms with Gasteiger partial charge in [0.25, 0.3) is 0 Å². The molecular formula is C64H50N2. The van der Waals surface area contributed by atoms with Gasteiger partial charge in [0.1, 0.15) is 0 Å². The average Bonchev–Trinajstić information content (AvgIpc) is 3.74.